The number of aromatic nitrogens is 1. The van der Waals surface area contributed by atoms with E-state index in [0.29, 0.717) is 17.8 Å². The number of fused-ring (bicyclic) bond motifs is 1. The van der Waals surface area contributed by atoms with Gasteiger partial charge in [-0.25, -0.2) is 0 Å². The molecular formula is C16H11BrN2OS2. The first kappa shape index (κ1) is 15.2. The van der Waals surface area contributed by atoms with Crippen molar-refractivity contribution < 1.29 is 4.79 Å². The third-order valence-electron chi connectivity index (χ3n) is 3.02. The van der Waals surface area contributed by atoms with Crippen molar-refractivity contribution in [2.24, 2.45) is 4.99 Å². The minimum absolute atomic E-state index is 0.154. The first-order valence-corrected chi connectivity index (χ1v) is 8.98. The number of thiazole rings is 1. The maximum absolute atomic E-state index is 12.2. The first-order valence-electron chi connectivity index (χ1n) is 6.49. The molecule has 22 heavy (non-hydrogen) atoms. The molecule has 0 saturated heterocycles. The van der Waals surface area contributed by atoms with Crippen LogP contribution in [0.3, 0.4) is 0 Å². The van der Waals surface area contributed by atoms with Crippen LogP contribution in [0, 0.1) is 12.3 Å². The van der Waals surface area contributed by atoms with Gasteiger partial charge in [0.1, 0.15) is 0 Å². The molecule has 0 bridgehead atoms. The van der Waals surface area contributed by atoms with E-state index >= 15 is 0 Å². The lowest BCUT2D eigenvalue weighted by Crippen LogP contribution is -2.16. The molecule has 0 atom stereocenters. The topological polar surface area (TPSA) is 34.4 Å². The monoisotopic (exact) mass is 390 g/mol. The number of benzene rings is 1. The minimum atomic E-state index is -0.154. The van der Waals surface area contributed by atoms with Crippen LogP contribution >= 0.6 is 38.6 Å². The standard InChI is InChI=1S/C16H11BrN2OS2/c1-2-7-19-13-6-5-11(17)9-14(13)22-16(19)18-15(20)10-12-4-3-8-21-12/h1,3-6,8-9H,7,10H2. The lowest BCUT2D eigenvalue weighted by molar-refractivity contribution is -0.117. The van der Waals surface area contributed by atoms with Crippen molar-refractivity contribution in [3.05, 3.63) is 49.9 Å². The Balaban J connectivity index is 2.05. The Morgan fingerprint density at radius 2 is 2.27 bits per heavy atom. The number of hydrogen-bond donors (Lipinski definition) is 0. The van der Waals surface area contributed by atoms with Crippen molar-refractivity contribution in [3.63, 3.8) is 0 Å². The van der Waals surface area contributed by atoms with Crippen LogP contribution in [-0.4, -0.2) is 10.5 Å². The zero-order chi connectivity index (χ0) is 15.5. The average Bonchev–Trinajstić information content (AvgIpc) is 3.08. The highest BCUT2D eigenvalue weighted by Crippen LogP contribution is 2.22. The fourth-order valence-corrected chi connectivity index (χ4v) is 4.38. The highest BCUT2D eigenvalue weighted by Gasteiger charge is 2.08. The number of rotatable bonds is 3. The van der Waals surface area contributed by atoms with Crippen molar-refractivity contribution in [1.82, 2.24) is 4.57 Å². The molecular weight excluding hydrogens is 380 g/mol. The van der Waals surface area contributed by atoms with Crippen molar-refractivity contribution >= 4 is 54.7 Å². The Kier molecular flexibility index (Phi) is 4.57. The van der Waals surface area contributed by atoms with E-state index in [4.69, 9.17) is 6.42 Å². The summed E-state index contributed by atoms with van der Waals surface area (Å²) < 4.78 is 3.94. The number of nitrogens with zero attached hydrogens (tertiary/aromatic N) is 2. The predicted molar refractivity (Wildman–Crippen MR) is 94.9 cm³/mol. The van der Waals surface area contributed by atoms with Crippen LogP contribution < -0.4 is 4.80 Å². The third kappa shape index (κ3) is 3.22. The van der Waals surface area contributed by atoms with Crippen LogP contribution in [0.15, 0.2) is 45.2 Å². The highest BCUT2D eigenvalue weighted by atomic mass is 79.9. The van der Waals surface area contributed by atoms with E-state index in [1.54, 1.807) is 11.3 Å². The number of carbonyl (C=O) groups excluding carboxylic acids is 1. The number of thiophene rings is 1. The van der Waals surface area contributed by atoms with Gasteiger partial charge in [0.15, 0.2) is 4.80 Å². The second-order valence-corrected chi connectivity index (χ2v) is 7.51. The molecule has 0 fully saturated rings. The molecule has 0 saturated carbocycles. The summed E-state index contributed by atoms with van der Waals surface area (Å²) in [7, 11) is 0. The van der Waals surface area contributed by atoms with Crippen LogP contribution in [-0.2, 0) is 17.8 Å². The molecule has 2 heterocycles. The van der Waals surface area contributed by atoms with Gasteiger partial charge in [-0.2, -0.15) is 4.99 Å². The van der Waals surface area contributed by atoms with Gasteiger partial charge in [0, 0.05) is 9.35 Å². The molecule has 3 nitrogen and oxygen atoms in total. The lowest BCUT2D eigenvalue weighted by Gasteiger charge is -1.99. The first-order chi connectivity index (χ1) is 10.7. The number of terminal acetylenes is 1. The van der Waals surface area contributed by atoms with Crippen molar-refractivity contribution in [2.45, 2.75) is 13.0 Å². The summed E-state index contributed by atoms with van der Waals surface area (Å²) in [5, 5.41) is 1.96. The van der Waals surface area contributed by atoms with E-state index in [0.717, 1.165) is 19.6 Å². The van der Waals surface area contributed by atoms with Crippen molar-refractivity contribution in [3.8, 4) is 12.3 Å². The summed E-state index contributed by atoms with van der Waals surface area (Å²) in [6.07, 6.45) is 5.77. The van der Waals surface area contributed by atoms with Gasteiger partial charge in [-0.1, -0.05) is 39.3 Å². The Bertz CT molecular complexity index is 929. The maximum atomic E-state index is 12.2. The molecule has 110 valence electrons. The largest absolute Gasteiger partial charge is 0.305 e. The molecule has 0 spiro atoms. The number of halogens is 1. The summed E-state index contributed by atoms with van der Waals surface area (Å²) >= 11 is 6.49. The number of hydrogen-bond acceptors (Lipinski definition) is 3. The van der Waals surface area contributed by atoms with E-state index in [2.05, 4.69) is 26.8 Å². The Morgan fingerprint density at radius 1 is 1.41 bits per heavy atom. The third-order valence-corrected chi connectivity index (χ3v) is 5.43. The van der Waals surface area contributed by atoms with Crippen molar-refractivity contribution in [1.29, 1.82) is 0 Å². The SMILES string of the molecule is C#CCn1c(=NC(=O)Cc2cccs2)sc2cc(Br)ccc21. The van der Waals surface area contributed by atoms with E-state index < -0.39 is 0 Å². The molecule has 6 heteroatoms. The molecule has 0 aliphatic heterocycles. The van der Waals surface area contributed by atoms with Gasteiger partial charge in [-0.3, -0.25) is 4.79 Å². The Morgan fingerprint density at radius 3 is 3.00 bits per heavy atom. The molecule has 1 aromatic carbocycles. The fraction of sp³-hybridized carbons (Fsp3) is 0.125. The molecule has 1 amide bonds. The molecule has 0 radical (unpaired) electrons. The van der Waals surface area contributed by atoms with Crippen LogP contribution in [0.2, 0.25) is 0 Å². The molecule has 3 rings (SSSR count). The summed E-state index contributed by atoms with van der Waals surface area (Å²) in [6.45, 7) is 0.396. The molecule has 3 aromatic rings. The maximum Gasteiger partial charge on any atom is 0.253 e. The molecule has 0 unspecified atom stereocenters. The van der Waals surface area contributed by atoms with Crippen molar-refractivity contribution in [2.75, 3.05) is 0 Å². The van der Waals surface area contributed by atoms with E-state index in [9.17, 15) is 4.79 Å². The van der Waals surface area contributed by atoms with Gasteiger partial charge >= 0.3 is 0 Å². The average molecular weight is 391 g/mol. The van der Waals surface area contributed by atoms with Crippen LogP contribution in [0.1, 0.15) is 4.88 Å². The second-order valence-electron chi connectivity index (χ2n) is 4.55. The van der Waals surface area contributed by atoms with Gasteiger partial charge < -0.3 is 4.57 Å². The zero-order valence-electron chi connectivity index (χ0n) is 11.5. The van der Waals surface area contributed by atoms with E-state index in [1.165, 1.54) is 11.3 Å². The summed E-state index contributed by atoms with van der Waals surface area (Å²) in [6, 6.07) is 9.82. The highest BCUT2D eigenvalue weighted by molar-refractivity contribution is 9.10. The molecule has 0 N–H and O–H groups in total. The summed E-state index contributed by atoms with van der Waals surface area (Å²) in [5.41, 5.74) is 0.994. The summed E-state index contributed by atoms with van der Waals surface area (Å²) in [4.78, 5) is 18.1. The number of amides is 1. The quantitative estimate of drug-likeness (QED) is 0.625. The van der Waals surface area contributed by atoms with Gasteiger partial charge in [-0.15, -0.1) is 17.8 Å². The molecule has 0 aliphatic rings. The van der Waals surface area contributed by atoms with Gasteiger partial charge in [0.05, 0.1) is 23.2 Å². The fourth-order valence-electron chi connectivity index (χ4n) is 2.08. The van der Waals surface area contributed by atoms with Crippen LogP contribution in [0.5, 0.6) is 0 Å². The smallest absolute Gasteiger partial charge is 0.253 e. The Labute approximate surface area is 144 Å². The number of carbonyl (C=O) groups is 1. The Hall–Kier alpha value is -1.68. The van der Waals surface area contributed by atoms with Crippen LogP contribution in [0.4, 0.5) is 0 Å². The zero-order valence-corrected chi connectivity index (χ0v) is 14.7. The molecule has 2 aromatic heterocycles. The van der Waals surface area contributed by atoms with E-state index in [-0.39, 0.29) is 5.91 Å². The minimum Gasteiger partial charge on any atom is -0.305 e. The van der Waals surface area contributed by atoms with Crippen LogP contribution in [0.25, 0.3) is 10.2 Å². The van der Waals surface area contributed by atoms with Gasteiger partial charge in [0.25, 0.3) is 5.91 Å². The van der Waals surface area contributed by atoms with Gasteiger partial charge in [0.2, 0.25) is 0 Å². The predicted octanol–water partition coefficient (Wildman–Crippen LogP) is 3.83. The molecule has 0 aliphatic carbocycles. The summed E-state index contributed by atoms with van der Waals surface area (Å²) in [5.74, 6) is 2.47. The van der Waals surface area contributed by atoms with Gasteiger partial charge in [-0.05, 0) is 29.6 Å². The lowest BCUT2D eigenvalue weighted by atomic mass is 10.3. The van der Waals surface area contributed by atoms with E-state index in [1.807, 2.05) is 40.3 Å². The second kappa shape index (κ2) is 6.61. The normalized spacial score (nSPS) is 11.7.